The van der Waals surface area contributed by atoms with E-state index < -0.39 is 30.0 Å². The first-order valence-electron chi connectivity index (χ1n) is 23.9. The van der Waals surface area contributed by atoms with Crippen LogP contribution in [0.2, 0.25) is 0 Å². The van der Waals surface area contributed by atoms with Crippen LogP contribution in [0.4, 0.5) is 20.3 Å². The zero-order chi connectivity index (χ0) is 45.6. The molecule has 66 heavy (non-hydrogen) atoms. The highest BCUT2D eigenvalue weighted by Gasteiger charge is 2.41. The highest BCUT2D eigenvalue weighted by Crippen LogP contribution is 2.38. The van der Waals surface area contributed by atoms with E-state index >= 15 is 0 Å². The van der Waals surface area contributed by atoms with Gasteiger partial charge in [0.15, 0.2) is 11.3 Å². The molecule has 5 fully saturated rings. The number of ether oxygens (including phenoxy) is 1. The number of halogens is 2. The fourth-order valence-electron chi connectivity index (χ4n) is 11.6. The molecule has 5 aliphatic rings. The highest BCUT2D eigenvalue weighted by molar-refractivity contribution is 6.08. The number of aryl methyl sites for hydroxylation is 2. The average Bonchev–Trinajstić information content (AvgIpc) is 4.14. The number of fused-ring (bicyclic) bond motifs is 4. The molecule has 10 rings (SSSR count). The minimum atomic E-state index is -2.85. The zero-order valence-corrected chi connectivity index (χ0v) is 37.8. The van der Waals surface area contributed by atoms with Crippen molar-refractivity contribution in [1.82, 2.24) is 48.6 Å². The molecule has 17 nitrogen and oxygen atoms in total. The van der Waals surface area contributed by atoms with Crippen LogP contribution in [0.15, 0.2) is 47.7 Å². The molecule has 0 spiro atoms. The molecule has 4 aromatic heterocycles. The number of nitrogens with zero attached hydrogens (tertiary/aromatic N) is 10. The van der Waals surface area contributed by atoms with Crippen molar-refractivity contribution < 1.29 is 27.9 Å². The smallest absolute Gasteiger partial charge is 0.329 e. The minimum Gasteiger partial charge on any atom is -0.377 e. The number of hydrogen-bond acceptors (Lipinski definition) is 11. The van der Waals surface area contributed by atoms with E-state index in [1.165, 1.54) is 23.6 Å². The summed E-state index contributed by atoms with van der Waals surface area (Å²) < 4.78 is 40.9. The molecule has 2 bridgehead atoms. The number of benzene rings is 1. The first-order valence-corrected chi connectivity index (χ1v) is 23.9. The van der Waals surface area contributed by atoms with Crippen LogP contribution in [-0.4, -0.2) is 125 Å². The summed E-state index contributed by atoms with van der Waals surface area (Å²) in [6, 6.07) is 8.11. The number of piperazine rings is 1. The van der Waals surface area contributed by atoms with Crippen molar-refractivity contribution in [1.29, 1.82) is 0 Å². The SMILES string of the molecule is CCO[C@@H]1CCN(c2ccn3ncc(C(=O)Nc4cn([C@H]5CC[C@H](CN6[C@@H]7CC[C@H]6CN(CCCCc6cccc8c6n(C)c(=O)n8C6CCC(=O)NC6=O)C7)CC5)nc4C(F)F)c3n2)C1. The van der Waals surface area contributed by atoms with E-state index in [1.807, 2.05) is 25.1 Å². The second-order valence-electron chi connectivity index (χ2n) is 19.0. The number of hydrogen-bond donors (Lipinski definition) is 2. The quantitative estimate of drug-likeness (QED) is 0.104. The number of aromatic nitrogens is 7. The van der Waals surface area contributed by atoms with Gasteiger partial charge in [-0.1, -0.05) is 12.1 Å². The number of anilines is 2. The lowest BCUT2D eigenvalue weighted by Crippen LogP contribution is -2.55. The number of alkyl halides is 2. The molecule has 352 valence electrons. The Balaban J connectivity index is 0.705. The number of rotatable bonds is 15. The van der Waals surface area contributed by atoms with Gasteiger partial charge in [0.1, 0.15) is 17.4 Å². The summed E-state index contributed by atoms with van der Waals surface area (Å²) in [7, 11) is 1.76. The molecular formula is C47H60F2N12O5. The first-order chi connectivity index (χ1) is 32.0. The number of carbonyl (C=O) groups excluding carboxylic acids is 3. The number of imidazole rings is 1. The van der Waals surface area contributed by atoms with Gasteiger partial charge in [-0.15, -0.1) is 0 Å². The zero-order valence-electron chi connectivity index (χ0n) is 37.8. The summed E-state index contributed by atoms with van der Waals surface area (Å²) in [5.74, 6) is -0.0496. The maximum atomic E-state index is 14.4. The third kappa shape index (κ3) is 8.64. The molecule has 4 atom stereocenters. The fourth-order valence-corrected chi connectivity index (χ4v) is 11.6. The maximum Gasteiger partial charge on any atom is 0.329 e. The van der Waals surface area contributed by atoms with Gasteiger partial charge >= 0.3 is 5.69 Å². The Bertz CT molecular complexity index is 2650. The predicted molar refractivity (Wildman–Crippen MR) is 243 cm³/mol. The van der Waals surface area contributed by atoms with Crippen LogP contribution in [0.25, 0.3) is 16.7 Å². The van der Waals surface area contributed by atoms with Crippen molar-refractivity contribution in [3.05, 3.63) is 70.2 Å². The molecule has 8 heterocycles. The molecular weight excluding hydrogens is 851 g/mol. The molecule has 19 heteroatoms. The summed E-state index contributed by atoms with van der Waals surface area (Å²) in [5, 5.41) is 13.7. The van der Waals surface area contributed by atoms with Gasteiger partial charge in [-0.3, -0.25) is 38.4 Å². The first kappa shape index (κ1) is 44.3. The standard InChI is InChI=1S/C47H60F2N12O5/c1-3-66-34-18-21-57(27-34)39-19-22-59-44(52-39)35(23-50-59)45(63)51-36-28-60(54-41(36)43(48)49)31-12-10-29(11-13-31)24-58-32-14-15-33(58)26-56(25-32)20-5-4-7-30-8-6-9-37-42(30)55(2)47(65)61(37)38-16-17-40(62)53-46(38)64/h6,8-9,19,22-23,28-29,31-34,38,43H,3-5,7,10-18,20-21,24-27H2,1-2H3,(H,51,63)(H,53,62,64)/t29-,31-,32-,33+,34-,38?/m1/s1. The van der Waals surface area contributed by atoms with Crippen molar-refractivity contribution in [3.8, 4) is 0 Å². The summed E-state index contributed by atoms with van der Waals surface area (Å²) in [4.78, 5) is 63.7. The van der Waals surface area contributed by atoms with Crippen molar-refractivity contribution in [3.63, 3.8) is 0 Å². The van der Waals surface area contributed by atoms with Crippen LogP contribution in [0.3, 0.4) is 0 Å². The molecule has 2 N–H and O–H groups in total. The number of piperidine rings is 1. The molecule has 1 unspecified atom stereocenters. The number of likely N-dealkylation sites (tertiary alicyclic amines) is 1. The molecule has 1 aliphatic carbocycles. The summed E-state index contributed by atoms with van der Waals surface area (Å²) in [5.41, 5.74) is 2.55. The maximum absolute atomic E-state index is 14.4. The second kappa shape index (κ2) is 18.6. The monoisotopic (exact) mass is 910 g/mol. The number of carbonyl (C=O) groups is 3. The lowest BCUT2D eigenvalue weighted by atomic mass is 9.85. The Morgan fingerprint density at radius 2 is 1.76 bits per heavy atom. The van der Waals surface area contributed by atoms with Crippen LogP contribution in [0, 0.1) is 5.92 Å². The van der Waals surface area contributed by atoms with Crippen molar-refractivity contribution in [2.45, 2.75) is 121 Å². The van der Waals surface area contributed by atoms with Crippen LogP contribution < -0.4 is 21.2 Å². The average molecular weight is 911 g/mol. The van der Waals surface area contributed by atoms with E-state index in [0.717, 1.165) is 101 Å². The molecule has 0 radical (unpaired) electrons. The van der Waals surface area contributed by atoms with Gasteiger partial charge in [0.25, 0.3) is 12.3 Å². The predicted octanol–water partition coefficient (Wildman–Crippen LogP) is 5.26. The fraction of sp³-hybridized carbons (Fsp3) is 0.596. The molecule has 1 saturated carbocycles. The van der Waals surface area contributed by atoms with Gasteiger partial charge in [0.05, 0.1) is 35.1 Å². The Kier molecular flexibility index (Phi) is 12.5. The van der Waals surface area contributed by atoms with Crippen molar-refractivity contribution in [2.24, 2.45) is 13.0 Å². The van der Waals surface area contributed by atoms with Gasteiger partial charge in [0.2, 0.25) is 11.8 Å². The van der Waals surface area contributed by atoms with E-state index in [9.17, 15) is 28.0 Å². The van der Waals surface area contributed by atoms with Gasteiger partial charge in [0, 0.05) is 77.3 Å². The van der Waals surface area contributed by atoms with E-state index in [-0.39, 0.29) is 41.4 Å². The van der Waals surface area contributed by atoms with Crippen LogP contribution in [0.1, 0.15) is 118 Å². The second-order valence-corrected chi connectivity index (χ2v) is 19.0. The number of imide groups is 1. The van der Waals surface area contributed by atoms with E-state index in [2.05, 4.69) is 41.6 Å². The lowest BCUT2D eigenvalue weighted by molar-refractivity contribution is -0.135. The van der Waals surface area contributed by atoms with E-state index in [0.29, 0.717) is 49.0 Å². The van der Waals surface area contributed by atoms with Crippen molar-refractivity contribution in [2.75, 3.05) is 56.1 Å². The third-order valence-corrected chi connectivity index (χ3v) is 14.9. The van der Waals surface area contributed by atoms with Gasteiger partial charge in [-0.2, -0.15) is 10.2 Å². The molecule has 4 aliphatic heterocycles. The lowest BCUT2D eigenvalue weighted by Gasteiger charge is -2.43. The molecule has 4 saturated heterocycles. The molecule has 3 amide bonds. The Labute approximate surface area is 381 Å². The number of unbranched alkanes of at least 4 members (excludes halogenated alkanes) is 1. The third-order valence-electron chi connectivity index (χ3n) is 14.9. The largest absolute Gasteiger partial charge is 0.377 e. The molecule has 1 aromatic carbocycles. The van der Waals surface area contributed by atoms with Crippen LogP contribution >= 0.6 is 0 Å². The Morgan fingerprint density at radius 3 is 2.52 bits per heavy atom. The van der Waals surface area contributed by atoms with E-state index in [4.69, 9.17) is 9.72 Å². The summed E-state index contributed by atoms with van der Waals surface area (Å²) in [6.45, 7) is 8.30. The Hall–Kier alpha value is -5.53. The number of para-hydroxylation sites is 1. The highest BCUT2D eigenvalue weighted by atomic mass is 19.3. The topological polar surface area (TPSA) is 169 Å². The van der Waals surface area contributed by atoms with Crippen molar-refractivity contribution >= 4 is 45.9 Å². The number of amides is 3. The molecule has 5 aromatic rings. The summed E-state index contributed by atoms with van der Waals surface area (Å²) >= 11 is 0. The van der Waals surface area contributed by atoms with Gasteiger partial charge in [-0.25, -0.2) is 23.1 Å². The normalized spacial score (nSPS) is 25.2. The number of nitrogens with one attached hydrogen (secondary N) is 2. The minimum absolute atomic E-state index is 0.00668. The van der Waals surface area contributed by atoms with Gasteiger partial charge < -0.3 is 19.9 Å². The van der Waals surface area contributed by atoms with Crippen LogP contribution in [-0.2, 0) is 27.8 Å². The van der Waals surface area contributed by atoms with E-state index in [1.54, 1.807) is 33.3 Å². The summed E-state index contributed by atoms with van der Waals surface area (Å²) in [6.07, 6.45) is 12.3. The van der Waals surface area contributed by atoms with Gasteiger partial charge in [-0.05, 0) is 108 Å². The van der Waals surface area contributed by atoms with Crippen LogP contribution in [0.5, 0.6) is 0 Å². The Morgan fingerprint density at radius 1 is 0.970 bits per heavy atom.